The van der Waals surface area contributed by atoms with Crippen LogP contribution in [0, 0.1) is 5.92 Å². The molecule has 104 valence electrons. The predicted octanol–water partition coefficient (Wildman–Crippen LogP) is 3.65. The number of carbonyl (C=O) groups excluding carboxylic acids is 1. The van der Waals surface area contributed by atoms with E-state index in [-0.39, 0.29) is 11.8 Å². The first-order valence-corrected chi connectivity index (χ1v) is 8.43. The highest BCUT2D eigenvalue weighted by atomic mass is 32.2. The fourth-order valence-electron chi connectivity index (χ4n) is 2.74. The first-order chi connectivity index (χ1) is 9.31. The summed E-state index contributed by atoms with van der Waals surface area (Å²) < 4.78 is 0. The van der Waals surface area contributed by atoms with E-state index in [4.69, 9.17) is 0 Å². The van der Waals surface area contributed by atoms with Crippen molar-refractivity contribution < 1.29 is 4.79 Å². The van der Waals surface area contributed by atoms with E-state index in [2.05, 4.69) is 35.8 Å². The SMILES string of the molecule is CSc1ccccc1CCNC(=O)C1CCCCC1. The van der Waals surface area contributed by atoms with Crippen LogP contribution in [0.5, 0.6) is 0 Å². The lowest BCUT2D eigenvalue weighted by Gasteiger charge is -2.20. The standard InChI is InChI=1S/C16H23NOS/c1-19-15-10-6-5-7-13(15)11-12-17-16(18)14-8-3-2-4-9-14/h5-7,10,14H,2-4,8-9,11-12H2,1H3,(H,17,18). The summed E-state index contributed by atoms with van der Waals surface area (Å²) in [6.45, 7) is 0.757. The molecular formula is C16H23NOS. The summed E-state index contributed by atoms with van der Waals surface area (Å²) in [5.41, 5.74) is 1.33. The number of hydrogen-bond donors (Lipinski definition) is 1. The van der Waals surface area contributed by atoms with E-state index in [9.17, 15) is 4.79 Å². The van der Waals surface area contributed by atoms with Crippen molar-refractivity contribution in [3.63, 3.8) is 0 Å². The number of carbonyl (C=O) groups is 1. The minimum atomic E-state index is 0.265. The first-order valence-electron chi connectivity index (χ1n) is 7.21. The zero-order valence-corrected chi connectivity index (χ0v) is 12.5. The molecule has 1 N–H and O–H groups in total. The molecule has 1 aliphatic rings. The van der Waals surface area contributed by atoms with Gasteiger partial charge < -0.3 is 5.32 Å². The Labute approximate surface area is 120 Å². The third-order valence-electron chi connectivity index (χ3n) is 3.86. The summed E-state index contributed by atoms with van der Waals surface area (Å²) >= 11 is 1.77. The lowest BCUT2D eigenvalue weighted by atomic mass is 9.88. The van der Waals surface area contributed by atoms with Gasteiger partial charge in [0.25, 0.3) is 0 Å². The van der Waals surface area contributed by atoms with Crippen LogP contribution in [0.15, 0.2) is 29.2 Å². The summed E-state index contributed by atoms with van der Waals surface area (Å²) in [4.78, 5) is 13.3. The maximum atomic E-state index is 12.0. The summed E-state index contributed by atoms with van der Waals surface area (Å²) in [6, 6.07) is 8.43. The molecule has 0 unspecified atom stereocenters. The number of amides is 1. The smallest absolute Gasteiger partial charge is 0.223 e. The molecule has 0 spiro atoms. The summed E-state index contributed by atoms with van der Waals surface area (Å²) in [5, 5.41) is 3.10. The predicted molar refractivity (Wildman–Crippen MR) is 81.5 cm³/mol. The maximum absolute atomic E-state index is 12.0. The highest BCUT2D eigenvalue weighted by Gasteiger charge is 2.20. The number of benzene rings is 1. The van der Waals surface area contributed by atoms with Gasteiger partial charge in [-0.2, -0.15) is 0 Å². The van der Waals surface area contributed by atoms with Crippen LogP contribution in [0.1, 0.15) is 37.7 Å². The minimum absolute atomic E-state index is 0.265. The Morgan fingerprint density at radius 1 is 1.26 bits per heavy atom. The molecule has 1 aromatic carbocycles. The largest absolute Gasteiger partial charge is 0.356 e. The van der Waals surface area contributed by atoms with Crippen LogP contribution >= 0.6 is 11.8 Å². The molecule has 1 saturated carbocycles. The number of hydrogen-bond acceptors (Lipinski definition) is 2. The molecule has 0 bridgehead atoms. The number of nitrogens with one attached hydrogen (secondary N) is 1. The van der Waals surface area contributed by atoms with Crippen LogP contribution < -0.4 is 5.32 Å². The van der Waals surface area contributed by atoms with Crippen molar-refractivity contribution in [2.24, 2.45) is 5.92 Å². The van der Waals surface area contributed by atoms with Gasteiger partial charge in [0, 0.05) is 17.4 Å². The van der Waals surface area contributed by atoms with Gasteiger partial charge in [0.1, 0.15) is 0 Å². The van der Waals surface area contributed by atoms with Crippen molar-refractivity contribution in [1.82, 2.24) is 5.32 Å². The normalized spacial score (nSPS) is 16.3. The van der Waals surface area contributed by atoms with E-state index in [1.165, 1.54) is 29.7 Å². The second-order valence-electron chi connectivity index (χ2n) is 5.19. The highest BCUT2D eigenvalue weighted by Crippen LogP contribution is 2.24. The van der Waals surface area contributed by atoms with E-state index in [0.29, 0.717) is 0 Å². The average molecular weight is 277 g/mol. The molecule has 0 aromatic heterocycles. The van der Waals surface area contributed by atoms with Gasteiger partial charge in [-0.05, 0) is 37.1 Å². The Balaban J connectivity index is 1.78. The quantitative estimate of drug-likeness (QED) is 0.832. The molecule has 2 rings (SSSR count). The van der Waals surface area contributed by atoms with Crippen molar-refractivity contribution in [2.45, 2.75) is 43.4 Å². The first kappa shape index (κ1) is 14.4. The molecule has 2 nitrogen and oxygen atoms in total. The molecular weight excluding hydrogens is 254 g/mol. The van der Waals surface area contributed by atoms with Crippen molar-refractivity contribution in [1.29, 1.82) is 0 Å². The second-order valence-corrected chi connectivity index (χ2v) is 6.04. The fraction of sp³-hybridized carbons (Fsp3) is 0.562. The van der Waals surface area contributed by atoms with E-state index in [0.717, 1.165) is 25.8 Å². The Hall–Kier alpha value is -0.960. The summed E-state index contributed by atoms with van der Waals surface area (Å²) in [6.07, 6.45) is 8.90. The molecule has 0 aliphatic heterocycles. The summed E-state index contributed by atoms with van der Waals surface area (Å²) in [7, 11) is 0. The lowest BCUT2D eigenvalue weighted by Crippen LogP contribution is -2.33. The van der Waals surface area contributed by atoms with Gasteiger partial charge in [-0.1, -0.05) is 37.5 Å². The Morgan fingerprint density at radius 3 is 2.74 bits per heavy atom. The van der Waals surface area contributed by atoms with Gasteiger partial charge in [-0.15, -0.1) is 11.8 Å². The van der Waals surface area contributed by atoms with Crippen molar-refractivity contribution in [2.75, 3.05) is 12.8 Å². The molecule has 1 amide bonds. The lowest BCUT2D eigenvalue weighted by molar-refractivity contribution is -0.125. The third kappa shape index (κ3) is 4.27. The second kappa shape index (κ2) is 7.59. The zero-order valence-electron chi connectivity index (χ0n) is 11.7. The number of thioether (sulfide) groups is 1. The van der Waals surface area contributed by atoms with Crippen LogP contribution in [0.3, 0.4) is 0 Å². The Bertz CT molecular complexity index is 413. The van der Waals surface area contributed by atoms with Gasteiger partial charge in [0.05, 0.1) is 0 Å². The topological polar surface area (TPSA) is 29.1 Å². The van der Waals surface area contributed by atoms with Crippen molar-refractivity contribution in [3.05, 3.63) is 29.8 Å². The third-order valence-corrected chi connectivity index (χ3v) is 4.70. The van der Waals surface area contributed by atoms with Crippen LogP contribution in [0.25, 0.3) is 0 Å². The molecule has 0 radical (unpaired) electrons. The van der Waals surface area contributed by atoms with E-state index in [1.54, 1.807) is 11.8 Å². The summed E-state index contributed by atoms with van der Waals surface area (Å²) in [5.74, 6) is 0.533. The van der Waals surface area contributed by atoms with Gasteiger partial charge in [-0.25, -0.2) is 0 Å². The zero-order chi connectivity index (χ0) is 13.5. The Morgan fingerprint density at radius 2 is 2.00 bits per heavy atom. The van der Waals surface area contributed by atoms with E-state index >= 15 is 0 Å². The average Bonchev–Trinajstić information content (AvgIpc) is 2.48. The van der Waals surface area contributed by atoms with Crippen molar-refractivity contribution in [3.8, 4) is 0 Å². The minimum Gasteiger partial charge on any atom is -0.356 e. The van der Waals surface area contributed by atoms with Gasteiger partial charge >= 0.3 is 0 Å². The van der Waals surface area contributed by atoms with Crippen LogP contribution in [0.4, 0.5) is 0 Å². The monoisotopic (exact) mass is 277 g/mol. The number of rotatable bonds is 5. The maximum Gasteiger partial charge on any atom is 0.223 e. The van der Waals surface area contributed by atoms with Crippen LogP contribution in [-0.4, -0.2) is 18.7 Å². The molecule has 3 heteroatoms. The van der Waals surface area contributed by atoms with Crippen molar-refractivity contribution >= 4 is 17.7 Å². The Kier molecular flexibility index (Phi) is 5.77. The molecule has 0 heterocycles. The molecule has 1 fully saturated rings. The van der Waals surface area contributed by atoms with Gasteiger partial charge in [0.2, 0.25) is 5.91 Å². The van der Waals surface area contributed by atoms with E-state index < -0.39 is 0 Å². The molecule has 0 saturated heterocycles. The fourth-order valence-corrected chi connectivity index (χ4v) is 3.39. The van der Waals surface area contributed by atoms with Gasteiger partial charge in [0.15, 0.2) is 0 Å². The van der Waals surface area contributed by atoms with Crippen LogP contribution in [0.2, 0.25) is 0 Å². The molecule has 1 aromatic rings. The highest BCUT2D eigenvalue weighted by molar-refractivity contribution is 7.98. The molecule has 0 atom stereocenters. The van der Waals surface area contributed by atoms with Gasteiger partial charge in [-0.3, -0.25) is 4.79 Å². The molecule has 19 heavy (non-hydrogen) atoms. The van der Waals surface area contributed by atoms with Crippen LogP contribution in [-0.2, 0) is 11.2 Å². The van der Waals surface area contributed by atoms with E-state index in [1.807, 2.05) is 0 Å². The molecule has 1 aliphatic carbocycles.